The maximum atomic E-state index is 13.7. The third kappa shape index (κ3) is 4.78. The number of thiophene rings is 1. The standard InChI is InChI=1S/C27H36N2O2S/c1-4-6-10-20(5-2)27(31)29(21-12-13-21)18-25(30)28-16-14-24-23(15-17-32-24)26(28)22-11-8-7-9-19(22)3/h7-9,11,15,17,20-21,26H,4-6,10,12-14,16,18H2,1-3H3. The molecule has 0 saturated heterocycles. The number of unbranched alkanes of at least 4 members (excludes halogenated alkanes) is 1. The Hall–Kier alpha value is -2.14. The van der Waals surface area contributed by atoms with Gasteiger partial charge >= 0.3 is 0 Å². The van der Waals surface area contributed by atoms with Crippen molar-refractivity contribution in [2.75, 3.05) is 13.1 Å². The Labute approximate surface area is 196 Å². The number of rotatable bonds is 9. The van der Waals surface area contributed by atoms with Crippen molar-refractivity contribution in [3.63, 3.8) is 0 Å². The van der Waals surface area contributed by atoms with Gasteiger partial charge in [-0.3, -0.25) is 9.59 Å². The average molecular weight is 453 g/mol. The molecule has 2 unspecified atom stereocenters. The van der Waals surface area contributed by atoms with Crippen LogP contribution in [0.2, 0.25) is 0 Å². The number of aryl methyl sites for hydroxylation is 1. The van der Waals surface area contributed by atoms with Gasteiger partial charge in [0.1, 0.15) is 6.54 Å². The molecule has 4 nitrogen and oxygen atoms in total. The van der Waals surface area contributed by atoms with Gasteiger partial charge < -0.3 is 9.80 Å². The van der Waals surface area contributed by atoms with E-state index in [-0.39, 0.29) is 36.4 Å². The average Bonchev–Trinajstić information content (AvgIpc) is 3.53. The first-order chi connectivity index (χ1) is 15.5. The summed E-state index contributed by atoms with van der Waals surface area (Å²) in [7, 11) is 0. The summed E-state index contributed by atoms with van der Waals surface area (Å²) in [5.74, 6) is 0.318. The summed E-state index contributed by atoms with van der Waals surface area (Å²) >= 11 is 1.79. The van der Waals surface area contributed by atoms with Crippen molar-refractivity contribution in [1.82, 2.24) is 9.80 Å². The molecule has 32 heavy (non-hydrogen) atoms. The van der Waals surface area contributed by atoms with Crippen LogP contribution in [-0.2, 0) is 16.0 Å². The van der Waals surface area contributed by atoms with E-state index < -0.39 is 0 Å². The van der Waals surface area contributed by atoms with E-state index in [1.54, 1.807) is 11.3 Å². The molecule has 2 amide bonds. The van der Waals surface area contributed by atoms with E-state index in [4.69, 9.17) is 0 Å². The van der Waals surface area contributed by atoms with E-state index in [1.807, 2.05) is 9.80 Å². The van der Waals surface area contributed by atoms with E-state index in [0.29, 0.717) is 6.54 Å². The number of carbonyl (C=O) groups excluding carboxylic acids is 2. The summed E-state index contributed by atoms with van der Waals surface area (Å²) < 4.78 is 0. The zero-order chi connectivity index (χ0) is 22.7. The van der Waals surface area contributed by atoms with Crippen molar-refractivity contribution in [3.05, 3.63) is 57.3 Å². The quantitative estimate of drug-likeness (QED) is 0.487. The second-order valence-corrected chi connectivity index (χ2v) is 10.3. The molecule has 1 aliphatic carbocycles. The number of fused-ring (bicyclic) bond motifs is 1. The van der Waals surface area contributed by atoms with Gasteiger partial charge in [0.2, 0.25) is 11.8 Å². The van der Waals surface area contributed by atoms with Crippen LogP contribution in [0, 0.1) is 12.8 Å². The van der Waals surface area contributed by atoms with Gasteiger partial charge in [-0.25, -0.2) is 0 Å². The molecule has 2 heterocycles. The summed E-state index contributed by atoms with van der Waals surface area (Å²) in [5, 5.41) is 2.14. The second-order valence-electron chi connectivity index (χ2n) is 9.34. The molecule has 1 fully saturated rings. The molecule has 172 valence electrons. The lowest BCUT2D eigenvalue weighted by Gasteiger charge is -2.38. The largest absolute Gasteiger partial charge is 0.330 e. The van der Waals surface area contributed by atoms with Gasteiger partial charge in [0.05, 0.1) is 6.04 Å². The number of amides is 2. The summed E-state index contributed by atoms with van der Waals surface area (Å²) in [6.45, 7) is 7.32. The van der Waals surface area contributed by atoms with Gasteiger partial charge in [-0.1, -0.05) is 51.0 Å². The smallest absolute Gasteiger partial charge is 0.243 e. The molecule has 1 aromatic carbocycles. The number of nitrogens with zero attached hydrogens (tertiary/aromatic N) is 2. The highest BCUT2D eigenvalue weighted by Crippen LogP contribution is 2.39. The zero-order valence-electron chi connectivity index (χ0n) is 19.7. The molecule has 2 atom stereocenters. The number of hydrogen-bond acceptors (Lipinski definition) is 3. The molecule has 0 bridgehead atoms. The first-order valence-electron chi connectivity index (χ1n) is 12.3. The Kier molecular flexibility index (Phi) is 7.34. The molecule has 0 radical (unpaired) electrons. The predicted molar refractivity (Wildman–Crippen MR) is 131 cm³/mol. The van der Waals surface area contributed by atoms with Crippen LogP contribution >= 0.6 is 11.3 Å². The highest BCUT2D eigenvalue weighted by molar-refractivity contribution is 7.10. The van der Waals surface area contributed by atoms with Crippen LogP contribution in [0.25, 0.3) is 0 Å². The first kappa shape index (κ1) is 23.0. The molecule has 2 aromatic rings. The number of carbonyl (C=O) groups is 2. The van der Waals surface area contributed by atoms with E-state index >= 15 is 0 Å². The van der Waals surface area contributed by atoms with E-state index in [2.05, 4.69) is 56.5 Å². The Balaban J connectivity index is 1.58. The Bertz CT molecular complexity index is 949. The van der Waals surface area contributed by atoms with Crippen molar-refractivity contribution >= 4 is 23.2 Å². The van der Waals surface area contributed by atoms with Gasteiger partial charge in [0.25, 0.3) is 0 Å². The van der Waals surface area contributed by atoms with Crippen molar-refractivity contribution in [3.8, 4) is 0 Å². The fourth-order valence-corrected chi connectivity index (χ4v) is 5.91. The first-order valence-corrected chi connectivity index (χ1v) is 13.1. The van der Waals surface area contributed by atoms with Crippen molar-refractivity contribution in [2.45, 2.75) is 77.8 Å². The number of benzene rings is 1. The fourth-order valence-electron chi connectivity index (χ4n) is 5.01. The van der Waals surface area contributed by atoms with Gasteiger partial charge in [0, 0.05) is 23.4 Å². The molecule has 0 spiro atoms. The van der Waals surface area contributed by atoms with E-state index in [1.165, 1.54) is 21.6 Å². The summed E-state index contributed by atoms with van der Waals surface area (Å²) in [5.41, 5.74) is 3.65. The zero-order valence-corrected chi connectivity index (χ0v) is 20.5. The van der Waals surface area contributed by atoms with Crippen LogP contribution in [-0.4, -0.2) is 40.7 Å². The molecule has 1 aromatic heterocycles. The van der Waals surface area contributed by atoms with E-state index in [0.717, 1.165) is 44.9 Å². The molecule has 2 aliphatic rings. The molecular weight excluding hydrogens is 416 g/mol. The van der Waals surface area contributed by atoms with Gasteiger partial charge in [-0.2, -0.15) is 0 Å². The number of hydrogen-bond donors (Lipinski definition) is 0. The maximum absolute atomic E-state index is 13.7. The summed E-state index contributed by atoms with van der Waals surface area (Å²) in [4.78, 5) is 32.5. The normalized spacial score (nSPS) is 18.8. The van der Waals surface area contributed by atoms with E-state index in [9.17, 15) is 9.59 Å². The van der Waals surface area contributed by atoms with Crippen LogP contribution in [0.1, 0.15) is 80.0 Å². The SMILES string of the molecule is CCCCC(CC)C(=O)N(CC(=O)N1CCc2sccc2C1c1ccccc1C)C1CC1. The van der Waals surface area contributed by atoms with Crippen LogP contribution in [0.4, 0.5) is 0 Å². The molecule has 4 rings (SSSR count). The van der Waals surface area contributed by atoms with Gasteiger partial charge in [0.15, 0.2) is 0 Å². The Morgan fingerprint density at radius 1 is 1.16 bits per heavy atom. The summed E-state index contributed by atoms with van der Waals surface area (Å²) in [6, 6.07) is 10.8. The second kappa shape index (κ2) is 10.2. The lowest BCUT2D eigenvalue weighted by Crippen LogP contribution is -2.48. The summed E-state index contributed by atoms with van der Waals surface area (Å²) in [6.07, 6.45) is 6.89. The monoisotopic (exact) mass is 452 g/mol. The van der Waals surface area contributed by atoms with Crippen molar-refractivity contribution in [1.29, 1.82) is 0 Å². The molecule has 1 aliphatic heterocycles. The molecule has 0 N–H and O–H groups in total. The minimum atomic E-state index is -0.0584. The third-order valence-electron chi connectivity index (χ3n) is 7.09. The van der Waals surface area contributed by atoms with Gasteiger partial charge in [-0.15, -0.1) is 11.3 Å². The molecule has 5 heteroatoms. The van der Waals surface area contributed by atoms with Crippen LogP contribution in [0.5, 0.6) is 0 Å². The topological polar surface area (TPSA) is 40.6 Å². The maximum Gasteiger partial charge on any atom is 0.243 e. The lowest BCUT2D eigenvalue weighted by molar-refractivity contribution is -0.144. The third-order valence-corrected chi connectivity index (χ3v) is 8.09. The molecular formula is C27H36N2O2S. The van der Waals surface area contributed by atoms with Gasteiger partial charge in [-0.05, 0) is 67.2 Å². The van der Waals surface area contributed by atoms with Crippen LogP contribution in [0.15, 0.2) is 35.7 Å². The predicted octanol–water partition coefficient (Wildman–Crippen LogP) is 5.74. The lowest BCUT2D eigenvalue weighted by atomic mass is 9.90. The van der Waals surface area contributed by atoms with Crippen molar-refractivity contribution < 1.29 is 9.59 Å². The fraction of sp³-hybridized carbons (Fsp3) is 0.556. The van der Waals surface area contributed by atoms with Crippen molar-refractivity contribution in [2.24, 2.45) is 5.92 Å². The highest BCUT2D eigenvalue weighted by Gasteiger charge is 2.39. The Morgan fingerprint density at radius 3 is 2.62 bits per heavy atom. The molecule has 1 saturated carbocycles. The Morgan fingerprint density at radius 2 is 1.94 bits per heavy atom. The highest BCUT2D eigenvalue weighted by atomic mass is 32.1. The minimum Gasteiger partial charge on any atom is -0.330 e. The minimum absolute atomic E-state index is 0.0420. The van der Waals surface area contributed by atoms with Crippen LogP contribution < -0.4 is 0 Å². The van der Waals surface area contributed by atoms with Crippen LogP contribution in [0.3, 0.4) is 0 Å².